The molecule has 4 heteroatoms. The van der Waals surface area contributed by atoms with Crippen molar-refractivity contribution in [3.8, 4) is 5.75 Å². The first kappa shape index (κ1) is 14.5. The van der Waals surface area contributed by atoms with Crippen molar-refractivity contribution in [1.29, 1.82) is 0 Å². The molecular formula is C14H22N2O2. The fraction of sp³-hybridized carbons (Fsp3) is 0.500. The molecule has 0 aliphatic carbocycles. The van der Waals surface area contributed by atoms with Crippen LogP contribution >= 0.6 is 0 Å². The third kappa shape index (κ3) is 4.04. The monoisotopic (exact) mass is 250 g/mol. The molecule has 4 nitrogen and oxygen atoms in total. The molecule has 0 heterocycles. The number of benzene rings is 1. The number of hydrogen-bond donors (Lipinski definition) is 2. The van der Waals surface area contributed by atoms with Gasteiger partial charge in [0.2, 0.25) is 5.91 Å². The standard InChI is InChI=1S/C14H22N2O2/c1-14(2,8-9-15)13(17)16-10-11-4-6-12(18-3)7-5-11/h4-7H,8-10,15H2,1-3H3,(H,16,17). The lowest BCUT2D eigenvalue weighted by molar-refractivity contribution is -0.129. The van der Waals surface area contributed by atoms with Crippen molar-refractivity contribution in [2.24, 2.45) is 11.1 Å². The van der Waals surface area contributed by atoms with Crippen LogP contribution in [0.15, 0.2) is 24.3 Å². The highest BCUT2D eigenvalue weighted by molar-refractivity contribution is 5.81. The lowest BCUT2D eigenvalue weighted by Gasteiger charge is -2.22. The maximum absolute atomic E-state index is 12.0. The van der Waals surface area contributed by atoms with Crippen molar-refractivity contribution < 1.29 is 9.53 Å². The molecular weight excluding hydrogens is 228 g/mol. The average Bonchev–Trinajstić information content (AvgIpc) is 2.36. The number of carbonyl (C=O) groups excluding carboxylic acids is 1. The van der Waals surface area contributed by atoms with E-state index >= 15 is 0 Å². The first-order chi connectivity index (χ1) is 8.49. The molecule has 3 N–H and O–H groups in total. The fourth-order valence-corrected chi connectivity index (χ4v) is 1.64. The summed E-state index contributed by atoms with van der Waals surface area (Å²) in [6, 6.07) is 7.64. The molecule has 0 aliphatic rings. The highest BCUT2D eigenvalue weighted by Gasteiger charge is 2.25. The SMILES string of the molecule is COc1ccc(CNC(=O)C(C)(C)CCN)cc1. The van der Waals surface area contributed by atoms with Crippen molar-refractivity contribution in [2.75, 3.05) is 13.7 Å². The highest BCUT2D eigenvalue weighted by atomic mass is 16.5. The van der Waals surface area contributed by atoms with Gasteiger partial charge in [-0.25, -0.2) is 0 Å². The zero-order valence-corrected chi connectivity index (χ0v) is 11.3. The van der Waals surface area contributed by atoms with Crippen LogP contribution < -0.4 is 15.8 Å². The Labute approximate surface area is 109 Å². The Balaban J connectivity index is 2.51. The predicted octanol–water partition coefficient (Wildman–Crippen LogP) is 1.69. The second-order valence-electron chi connectivity index (χ2n) is 4.95. The minimum Gasteiger partial charge on any atom is -0.497 e. The molecule has 1 aromatic carbocycles. The summed E-state index contributed by atoms with van der Waals surface area (Å²) in [5.74, 6) is 0.845. The summed E-state index contributed by atoms with van der Waals surface area (Å²) < 4.78 is 5.08. The van der Waals surface area contributed by atoms with Crippen molar-refractivity contribution in [3.05, 3.63) is 29.8 Å². The molecule has 0 unspecified atom stereocenters. The summed E-state index contributed by atoms with van der Waals surface area (Å²) in [6.07, 6.45) is 0.682. The van der Waals surface area contributed by atoms with Gasteiger partial charge in [0.1, 0.15) is 5.75 Å². The Hall–Kier alpha value is -1.55. The summed E-state index contributed by atoms with van der Waals surface area (Å²) in [4.78, 5) is 12.0. The molecule has 1 amide bonds. The molecule has 1 rings (SSSR count). The van der Waals surface area contributed by atoms with Gasteiger partial charge in [-0.1, -0.05) is 26.0 Å². The van der Waals surface area contributed by atoms with E-state index in [4.69, 9.17) is 10.5 Å². The molecule has 1 aromatic rings. The van der Waals surface area contributed by atoms with Crippen LogP contribution in [0.1, 0.15) is 25.8 Å². The summed E-state index contributed by atoms with van der Waals surface area (Å²) in [5.41, 5.74) is 6.13. The van der Waals surface area contributed by atoms with E-state index in [-0.39, 0.29) is 5.91 Å². The van der Waals surface area contributed by atoms with Gasteiger partial charge in [-0.2, -0.15) is 0 Å². The molecule has 0 aliphatic heterocycles. The van der Waals surface area contributed by atoms with Crippen LogP contribution in [0.3, 0.4) is 0 Å². The van der Waals surface area contributed by atoms with Gasteiger partial charge in [-0.05, 0) is 30.7 Å². The number of nitrogens with two attached hydrogens (primary N) is 1. The number of ether oxygens (including phenoxy) is 1. The quantitative estimate of drug-likeness (QED) is 0.807. The molecule has 0 saturated heterocycles. The van der Waals surface area contributed by atoms with E-state index in [9.17, 15) is 4.79 Å². The molecule has 100 valence electrons. The van der Waals surface area contributed by atoms with Crippen LogP contribution in [0.2, 0.25) is 0 Å². The number of rotatable bonds is 6. The van der Waals surface area contributed by atoms with Gasteiger partial charge in [0.05, 0.1) is 7.11 Å². The van der Waals surface area contributed by atoms with E-state index < -0.39 is 5.41 Å². The number of nitrogens with one attached hydrogen (secondary N) is 1. The lowest BCUT2D eigenvalue weighted by Crippen LogP contribution is -2.37. The fourth-order valence-electron chi connectivity index (χ4n) is 1.64. The number of hydrogen-bond acceptors (Lipinski definition) is 3. The largest absolute Gasteiger partial charge is 0.497 e. The van der Waals surface area contributed by atoms with Gasteiger partial charge in [0.15, 0.2) is 0 Å². The van der Waals surface area contributed by atoms with Crippen molar-refractivity contribution >= 4 is 5.91 Å². The van der Waals surface area contributed by atoms with Gasteiger partial charge in [-0.3, -0.25) is 4.79 Å². The topological polar surface area (TPSA) is 64.3 Å². The summed E-state index contributed by atoms with van der Waals surface area (Å²) in [6.45, 7) is 4.85. The van der Waals surface area contributed by atoms with Crippen LogP contribution in [0.5, 0.6) is 5.75 Å². The van der Waals surface area contributed by atoms with Crippen molar-refractivity contribution in [3.63, 3.8) is 0 Å². The van der Waals surface area contributed by atoms with Crippen LogP contribution in [-0.4, -0.2) is 19.6 Å². The number of carbonyl (C=O) groups is 1. The van der Waals surface area contributed by atoms with Gasteiger partial charge in [0, 0.05) is 12.0 Å². The first-order valence-corrected chi connectivity index (χ1v) is 6.11. The third-order valence-corrected chi connectivity index (χ3v) is 3.00. The molecule has 0 bridgehead atoms. The normalized spacial score (nSPS) is 11.1. The van der Waals surface area contributed by atoms with Gasteiger partial charge < -0.3 is 15.8 Å². The second-order valence-corrected chi connectivity index (χ2v) is 4.95. The average molecular weight is 250 g/mol. The zero-order valence-electron chi connectivity index (χ0n) is 11.3. The van der Waals surface area contributed by atoms with E-state index in [2.05, 4.69) is 5.32 Å². The van der Waals surface area contributed by atoms with Gasteiger partial charge in [-0.15, -0.1) is 0 Å². The van der Waals surface area contributed by atoms with Gasteiger partial charge in [0.25, 0.3) is 0 Å². The van der Waals surface area contributed by atoms with Crippen molar-refractivity contribution in [1.82, 2.24) is 5.32 Å². The molecule has 0 saturated carbocycles. The maximum Gasteiger partial charge on any atom is 0.225 e. The Morgan fingerprint density at radius 2 is 1.94 bits per heavy atom. The molecule has 0 atom stereocenters. The Bertz CT molecular complexity index is 385. The van der Waals surface area contributed by atoms with Crippen LogP contribution in [-0.2, 0) is 11.3 Å². The number of amides is 1. The molecule has 0 spiro atoms. The van der Waals surface area contributed by atoms with Crippen molar-refractivity contribution in [2.45, 2.75) is 26.8 Å². The summed E-state index contributed by atoms with van der Waals surface area (Å²) in [7, 11) is 1.63. The predicted molar refractivity (Wildman–Crippen MR) is 72.3 cm³/mol. The Morgan fingerprint density at radius 3 is 2.44 bits per heavy atom. The molecule has 0 aromatic heterocycles. The van der Waals surface area contributed by atoms with Crippen LogP contribution in [0.25, 0.3) is 0 Å². The summed E-state index contributed by atoms with van der Waals surface area (Å²) in [5, 5.41) is 2.93. The first-order valence-electron chi connectivity index (χ1n) is 6.11. The van der Waals surface area contributed by atoms with E-state index in [0.29, 0.717) is 19.5 Å². The zero-order chi connectivity index (χ0) is 13.6. The second kappa shape index (κ2) is 6.40. The molecule has 0 radical (unpaired) electrons. The van der Waals surface area contributed by atoms with E-state index in [1.165, 1.54) is 0 Å². The van der Waals surface area contributed by atoms with E-state index in [1.807, 2.05) is 38.1 Å². The molecule has 18 heavy (non-hydrogen) atoms. The minimum atomic E-state index is -0.415. The summed E-state index contributed by atoms with van der Waals surface area (Å²) >= 11 is 0. The molecule has 0 fully saturated rings. The van der Waals surface area contributed by atoms with Crippen LogP contribution in [0, 0.1) is 5.41 Å². The third-order valence-electron chi connectivity index (χ3n) is 3.00. The van der Waals surface area contributed by atoms with E-state index in [0.717, 1.165) is 11.3 Å². The number of methoxy groups -OCH3 is 1. The highest BCUT2D eigenvalue weighted by Crippen LogP contribution is 2.19. The smallest absolute Gasteiger partial charge is 0.225 e. The minimum absolute atomic E-state index is 0.0313. The lowest BCUT2D eigenvalue weighted by atomic mass is 9.88. The van der Waals surface area contributed by atoms with E-state index in [1.54, 1.807) is 7.11 Å². The maximum atomic E-state index is 12.0. The Morgan fingerprint density at radius 1 is 1.33 bits per heavy atom. The van der Waals surface area contributed by atoms with Gasteiger partial charge >= 0.3 is 0 Å². The van der Waals surface area contributed by atoms with Crippen LogP contribution in [0.4, 0.5) is 0 Å². The Kier molecular flexibility index (Phi) is 5.16.